The quantitative estimate of drug-likeness (QED) is 0.882. The average molecular weight is 322 g/mol. The normalized spacial score (nSPS) is 20.5. The molecule has 5 nitrogen and oxygen atoms in total. The summed E-state index contributed by atoms with van der Waals surface area (Å²) in [6, 6.07) is 3.84. The van der Waals surface area contributed by atoms with Gasteiger partial charge < -0.3 is 5.32 Å². The van der Waals surface area contributed by atoms with Crippen LogP contribution in [0.2, 0.25) is 0 Å². The minimum Gasteiger partial charge on any atom is -0.337 e. The van der Waals surface area contributed by atoms with Crippen molar-refractivity contribution in [1.29, 1.82) is 0 Å². The highest BCUT2D eigenvalue weighted by molar-refractivity contribution is 8.02. The Kier molecular flexibility index (Phi) is 3.34. The van der Waals surface area contributed by atoms with Gasteiger partial charge in [0.1, 0.15) is 17.7 Å². The zero-order chi connectivity index (χ0) is 15.1. The SMILES string of the molecule is Fc1ccc(C2=CSc3nnc([C@H]4CCC[NH2+]4)n3N2)c(F)c1. The Labute approximate surface area is 129 Å². The van der Waals surface area contributed by atoms with Crippen LogP contribution in [0, 0.1) is 11.6 Å². The van der Waals surface area contributed by atoms with Crippen LogP contribution in [0.1, 0.15) is 30.3 Å². The molecule has 2 aliphatic rings. The van der Waals surface area contributed by atoms with E-state index in [1.54, 1.807) is 10.1 Å². The Morgan fingerprint density at radius 2 is 2.23 bits per heavy atom. The molecule has 0 amide bonds. The molecule has 1 atom stereocenters. The molecule has 1 saturated heterocycles. The van der Waals surface area contributed by atoms with Crippen LogP contribution in [-0.2, 0) is 0 Å². The molecule has 0 aliphatic carbocycles. The minimum absolute atomic E-state index is 0.270. The van der Waals surface area contributed by atoms with Crippen molar-refractivity contribution in [3.8, 4) is 0 Å². The van der Waals surface area contributed by atoms with Gasteiger partial charge in [-0.2, -0.15) is 0 Å². The maximum Gasteiger partial charge on any atom is 0.214 e. The van der Waals surface area contributed by atoms with Crippen LogP contribution in [0.15, 0.2) is 28.8 Å². The van der Waals surface area contributed by atoms with E-state index >= 15 is 0 Å². The van der Waals surface area contributed by atoms with Crippen molar-refractivity contribution >= 4 is 17.5 Å². The number of fused-ring (bicyclic) bond motifs is 1. The van der Waals surface area contributed by atoms with Crippen LogP contribution in [0.5, 0.6) is 0 Å². The number of thioether (sulfide) groups is 1. The molecule has 4 rings (SSSR count). The zero-order valence-corrected chi connectivity index (χ0v) is 12.4. The monoisotopic (exact) mass is 322 g/mol. The van der Waals surface area contributed by atoms with E-state index in [1.165, 1.54) is 23.9 Å². The lowest BCUT2D eigenvalue weighted by molar-refractivity contribution is -0.677. The van der Waals surface area contributed by atoms with Crippen molar-refractivity contribution in [2.45, 2.75) is 24.0 Å². The molecule has 1 aromatic heterocycles. The fraction of sp³-hybridized carbons (Fsp3) is 0.286. The summed E-state index contributed by atoms with van der Waals surface area (Å²) in [5, 5.41) is 13.1. The molecule has 8 heteroatoms. The van der Waals surface area contributed by atoms with E-state index < -0.39 is 11.6 Å². The van der Waals surface area contributed by atoms with Gasteiger partial charge in [0.25, 0.3) is 0 Å². The zero-order valence-electron chi connectivity index (χ0n) is 11.6. The summed E-state index contributed by atoms with van der Waals surface area (Å²) in [5.41, 5.74) is 4.05. The maximum atomic E-state index is 14.0. The highest BCUT2D eigenvalue weighted by Gasteiger charge is 2.29. The molecule has 3 N–H and O–H groups in total. The van der Waals surface area contributed by atoms with E-state index in [4.69, 9.17) is 0 Å². The van der Waals surface area contributed by atoms with Crippen LogP contribution in [0.4, 0.5) is 8.78 Å². The summed E-state index contributed by atoms with van der Waals surface area (Å²) in [6.07, 6.45) is 2.20. The second-order valence-electron chi connectivity index (χ2n) is 5.33. The van der Waals surface area contributed by atoms with Crippen molar-refractivity contribution in [1.82, 2.24) is 14.9 Å². The first-order valence-corrected chi connectivity index (χ1v) is 7.98. The van der Waals surface area contributed by atoms with Gasteiger partial charge in [-0.15, -0.1) is 10.2 Å². The maximum absolute atomic E-state index is 14.0. The van der Waals surface area contributed by atoms with Crippen molar-refractivity contribution in [2.75, 3.05) is 12.0 Å². The van der Waals surface area contributed by atoms with Crippen LogP contribution < -0.4 is 10.7 Å². The number of nitrogens with two attached hydrogens (primary N) is 1. The number of rotatable bonds is 2. The van der Waals surface area contributed by atoms with Gasteiger partial charge in [0.05, 0.1) is 12.2 Å². The fourth-order valence-corrected chi connectivity index (χ4v) is 3.54. The third kappa shape index (κ3) is 2.28. The Morgan fingerprint density at radius 3 is 3.00 bits per heavy atom. The minimum atomic E-state index is -0.593. The van der Waals surface area contributed by atoms with Crippen molar-refractivity contribution in [3.63, 3.8) is 0 Å². The van der Waals surface area contributed by atoms with Gasteiger partial charge in [0, 0.05) is 29.9 Å². The van der Waals surface area contributed by atoms with E-state index in [2.05, 4.69) is 20.9 Å². The molecule has 2 aromatic rings. The first kappa shape index (κ1) is 13.7. The number of benzene rings is 1. The van der Waals surface area contributed by atoms with Crippen molar-refractivity contribution in [2.24, 2.45) is 0 Å². The second-order valence-corrected chi connectivity index (χ2v) is 6.17. The Morgan fingerprint density at radius 1 is 1.32 bits per heavy atom. The molecule has 1 fully saturated rings. The predicted molar refractivity (Wildman–Crippen MR) is 78.3 cm³/mol. The Hall–Kier alpha value is -1.93. The second kappa shape index (κ2) is 5.36. The first-order valence-electron chi connectivity index (χ1n) is 7.10. The first-order chi connectivity index (χ1) is 10.7. The molecule has 1 aromatic carbocycles. The van der Waals surface area contributed by atoms with Crippen LogP contribution in [0.25, 0.3) is 5.70 Å². The predicted octanol–water partition coefficient (Wildman–Crippen LogP) is 1.60. The molecule has 0 bridgehead atoms. The number of hydrogen-bond acceptors (Lipinski definition) is 4. The molecular formula is C14H14F2N5S+. The number of nitrogens with zero attached hydrogens (tertiary/aromatic N) is 3. The van der Waals surface area contributed by atoms with Gasteiger partial charge in [-0.25, -0.2) is 13.5 Å². The molecule has 0 saturated carbocycles. The average Bonchev–Trinajstić information content (AvgIpc) is 3.15. The van der Waals surface area contributed by atoms with Gasteiger partial charge in [-0.3, -0.25) is 5.43 Å². The van der Waals surface area contributed by atoms with E-state index in [0.717, 1.165) is 36.4 Å². The molecule has 0 radical (unpaired) electrons. The number of nitrogens with one attached hydrogen (secondary N) is 1. The highest BCUT2D eigenvalue weighted by Crippen LogP contribution is 2.31. The number of quaternary nitrogens is 1. The fourth-order valence-electron chi connectivity index (χ4n) is 2.80. The van der Waals surface area contributed by atoms with Gasteiger partial charge in [-0.05, 0) is 12.1 Å². The summed E-state index contributed by atoms with van der Waals surface area (Å²) in [7, 11) is 0. The standard InChI is InChI=1S/C14H13F2N5S/c15-8-3-4-9(10(16)6-8)12-7-22-14-19-18-13(21(14)20-12)11-2-1-5-17-11/h3-4,6-7,11,17,20H,1-2,5H2/p+1/t11-/m1/s1. The molecule has 3 heterocycles. The third-order valence-electron chi connectivity index (χ3n) is 3.90. The molecule has 0 spiro atoms. The summed E-state index contributed by atoms with van der Waals surface area (Å²) in [6.45, 7) is 1.08. The van der Waals surface area contributed by atoms with Gasteiger partial charge >= 0.3 is 0 Å². The summed E-state index contributed by atoms with van der Waals surface area (Å²) in [5.74, 6) is -0.338. The smallest absolute Gasteiger partial charge is 0.214 e. The van der Waals surface area contributed by atoms with E-state index in [0.29, 0.717) is 11.3 Å². The lowest BCUT2D eigenvalue weighted by Gasteiger charge is -2.20. The van der Waals surface area contributed by atoms with E-state index in [-0.39, 0.29) is 6.04 Å². The summed E-state index contributed by atoms with van der Waals surface area (Å²) in [4.78, 5) is 0. The highest BCUT2D eigenvalue weighted by atomic mass is 32.2. The molecular weight excluding hydrogens is 308 g/mol. The van der Waals surface area contributed by atoms with Crippen LogP contribution >= 0.6 is 11.8 Å². The van der Waals surface area contributed by atoms with E-state index in [1.807, 2.05) is 0 Å². The van der Waals surface area contributed by atoms with Crippen molar-refractivity contribution < 1.29 is 14.1 Å². The van der Waals surface area contributed by atoms with Crippen LogP contribution in [-0.4, -0.2) is 21.4 Å². The Bertz CT molecular complexity index is 752. The molecule has 0 unspecified atom stereocenters. The van der Waals surface area contributed by atoms with Gasteiger partial charge in [0.2, 0.25) is 11.0 Å². The number of hydrogen-bond donors (Lipinski definition) is 2. The van der Waals surface area contributed by atoms with Crippen LogP contribution in [0.3, 0.4) is 0 Å². The number of halogens is 2. The van der Waals surface area contributed by atoms with Crippen molar-refractivity contribution in [3.05, 3.63) is 46.6 Å². The third-order valence-corrected chi connectivity index (χ3v) is 4.72. The topological polar surface area (TPSA) is 59.4 Å². The lowest BCUT2D eigenvalue weighted by Crippen LogP contribution is -2.82. The molecule has 22 heavy (non-hydrogen) atoms. The van der Waals surface area contributed by atoms with Gasteiger partial charge in [-0.1, -0.05) is 11.8 Å². The van der Waals surface area contributed by atoms with Gasteiger partial charge in [0.15, 0.2) is 0 Å². The Balaban J connectivity index is 1.67. The summed E-state index contributed by atoms with van der Waals surface area (Å²) >= 11 is 1.37. The molecule has 114 valence electrons. The largest absolute Gasteiger partial charge is 0.337 e. The molecule has 2 aliphatic heterocycles. The lowest BCUT2D eigenvalue weighted by atomic mass is 10.1. The number of aromatic nitrogens is 3. The van der Waals surface area contributed by atoms with E-state index in [9.17, 15) is 8.78 Å². The summed E-state index contributed by atoms with van der Waals surface area (Å²) < 4.78 is 28.8.